The topological polar surface area (TPSA) is 102 Å². The molecule has 2 radical (unpaired) electrons. The molecular formula is C28H22BClFN7. The monoisotopic (exact) mass is 521 g/mol. The summed E-state index contributed by atoms with van der Waals surface area (Å²) in [5.74, 6) is -0.389. The van der Waals surface area contributed by atoms with Crippen LogP contribution in [-0.4, -0.2) is 28.2 Å². The molecule has 2 aromatic heterocycles. The minimum absolute atomic E-state index is 0.0489. The summed E-state index contributed by atoms with van der Waals surface area (Å²) in [5.41, 5.74) is 2.74. The van der Waals surface area contributed by atoms with Gasteiger partial charge < -0.3 is 10.6 Å². The van der Waals surface area contributed by atoms with Crippen LogP contribution in [0.3, 0.4) is 0 Å². The van der Waals surface area contributed by atoms with Crippen molar-refractivity contribution in [2.24, 2.45) is 0 Å². The van der Waals surface area contributed by atoms with E-state index >= 15 is 0 Å². The van der Waals surface area contributed by atoms with Gasteiger partial charge in [-0.05, 0) is 41.8 Å². The Kier molecular flexibility index (Phi) is 6.99. The smallest absolute Gasteiger partial charge is 0.123 e. The molecule has 5 rings (SSSR count). The van der Waals surface area contributed by atoms with Gasteiger partial charge in [0, 0.05) is 17.3 Å². The van der Waals surface area contributed by atoms with E-state index in [1.54, 1.807) is 18.2 Å². The molecule has 5 aromatic rings. The second-order valence-electron chi connectivity index (χ2n) is 8.82. The van der Waals surface area contributed by atoms with E-state index in [1.165, 1.54) is 24.5 Å². The highest BCUT2D eigenvalue weighted by Gasteiger charge is 2.31. The van der Waals surface area contributed by atoms with E-state index in [0.29, 0.717) is 44.1 Å². The molecule has 7 nitrogen and oxygen atoms in total. The van der Waals surface area contributed by atoms with Crippen molar-refractivity contribution in [1.82, 2.24) is 20.4 Å². The molecule has 10 heteroatoms. The number of H-pyrrole nitrogens is 1. The number of rotatable bonds is 8. The Labute approximate surface area is 225 Å². The number of hydrogen-bond donors (Lipinski definition) is 3. The van der Waals surface area contributed by atoms with E-state index in [4.69, 9.17) is 19.4 Å². The van der Waals surface area contributed by atoms with Crippen LogP contribution in [-0.2, 0) is 5.44 Å². The third-order valence-corrected chi connectivity index (χ3v) is 6.72. The van der Waals surface area contributed by atoms with Gasteiger partial charge in [0.15, 0.2) is 0 Å². The van der Waals surface area contributed by atoms with Gasteiger partial charge in [0.1, 0.15) is 25.4 Å². The van der Waals surface area contributed by atoms with Gasteiger partial charge in [-0.25, -0.2) is 4.39 Å². The molecule has 1 unspecified atom stereocenters. The molecule has 0 aliphatic heterocycles. The van der Waals surface area contributed by atoms with Gasteiger partial charge in [0.05, 0.1) is 39.5 Å². The molecule has 0 saturated heterocycles. The van der Waals surface area contributed by atoms with E-state index in [1.807, 2.05) is 36.4 Å². The fraction of sp³-hybridized carbons (Fsp3) is 0.143. The first-order valence-corrected chi connectivity index (χ1v) is 12.3. The SMILES string of the molecule is [B]C(Nc1cc(Cl)c2ncc(C#N)c(N[C@H](CC)c3ccccc3)c2c1)(c1ccc(F)cc1)c1cn[nH]n1. The summed E-state index contributed by atoms with van der Waals surface area (Å²) >= 11 is 6.70. The second-order valence-corrected chi connectivity index (χ2v) is 9.23. The lowest BCUT2D eigenvalue weighted by Crippen LogP contribution is -2.37. The highest BCUT2D eigenvalue weighted by Crippen LogP contribution is 2.38. The van der Waals surface area contributed by atoms with Gasteiger partial charge in [0.2, 0.25) is 0 Å². The van der Waals surface area contributed by atoms with E-state index in [-0.39, 0.29) is 11.9 Å². The number of nitrogens with zero attached hydrogens (tertiary/aromatic N) is 4. The average Bonchev–Trinajstić information content (AvgIpc) is 3.48. The molecule has 0 saturated carbocycles. The summed E-state index contributed by atoms with van der Waals surface area (Å²) in [6, 6.07) is 21.5. The van der Waals surface area contributed by atoms with Gasteiger partial charge in [-0.15, -0.1) is 0 Å². The predicted octanol–water partition coefficient (Wildman–Crippen LogP) is 6.06. The molecular weight excluding hydrogens is 500 g/mol. The van der Waals surface area contributed by atoms with Crippen molar-refractivity contribution >= 4 is 41.7 Å². The minimum atomic E-state index is -1.37. The largest absolute Gasteiger partial charge is 0.378 e. The zero-order valence-electron chi connectivity index (χ0n) is 20.4. The van der Waals surface area contributed by atoms with Gasteiger partial charge in [0.25, 0.3) is 0 Å². The maximum atomic E-state index is 13.7. The number of nitrogens with one attached hydrogen (secondary N) is 3. The Morgan fingerprint density at radius 3 is 2.55 bits per heavy atom. The van der Waals surface area contributed by atoms with Crippen LogP contribution in [0.1, 0.15) is 41.8 Å². The Morgan fingerprint density at radius 2 is 1.89 bits per heavy atom. The van der Waals surface area contributed by atoms with Crippen molar-refractivity contribution in [3.05, 3.63) is 112 Å². The molecule has 0 spiro atoms. The Balaban J connectivity index is 1.63. The lowest BCUT2D eigenvalue weighted by molar-refractivity contribution is 0.625. The van der Waals surface area contributed by atoms with Crippen LogP contribution < -0.4 is 10.6 Å². The molecule has 186 valence electrons. The van der Waals surface area contributed by atoms with Gasteiger partial charge in [-0.1, -0.05) is 61.0 Å². The fourth-order valence-corrected chi connectivity index (χ4v) is 4.74. The molecule has 0 amide bonds. The Hall–Kier alpha value is -4.42. The van der Waals surface area contributed by atoms with Gasteiger partial charge in [-0.3, -0.25) is 4.98 Å². The van der Waals surface area contributed by atoms with Crippen LogP contribution in [0.5, 0.6) is 0 Å². The maximum Gasteiger partial charge on any atom is 0.123 e. The van der Waals surface area contributed by atoms with Crippen molar-refractivity contribution < 1.29 is 4.39 Å². The summed E-state index contributed by atoms with van der Waals surface area (Å²) in [7, 11) is 6.85. The highest BCUT2D eigenvalue weighted by atomic mass is 35.5. The Bertz CT molecular complexity index is 1610. The van der Waals surface area contributed by atoms with E-state index in [9.17, 15) is 9.65 Å². The van der Waals surface area contributed by atoms with Crippen LogP contribution in [0.2, 0.25) is 5.02 Å². The van der Waals surface area contributed by atoms with Gasteiger partial charge >= 0.3 is 0 Å². The second kappa shape index (κ2) is 10.5. The molecule has 38 heavy (non-hydrogen) atoms. The van der Waals surface area contributed by atoms with Gasteiger partial charge in [-0.2, -0.15) is 20.7 Å². The molecule has 0 fully saturated rings. The first-order valence-electron chi connectivity index (χ1n) is 12.0. The number of benzene rings is 3. The van der Waals surface area contributed by atoms with Crippen molar-refractivity contribution in [2.75, 3.05) is 10.6 Å². The average molecular weight is 522 g/mol. The number of nitriles is 1. The lowest BCUT2D eigenvalue weighted by Gasteiger charge is -2.32. The normalized spacial score (nSPS) is 13.4. The summed E-state index contributed by atoms with van der Waals surface area (Å²) in [6.45, 7) is 2.07. The lowest BCUT2D eigenvalue weighted by atomic mass is 9.69. The molecule has 0 aliphatic rings. The first kappa shape index (κ1) is 25.2. The Morgan fingerprint density at radius 1 is 1.13 bits per heavy atom. The van der Waals surface area contributed by atoms with Crippen LogP contribution in [0.15, 0.2) is 79.1 Å². The standard InChI is InChI=1S/C28H22BClFN7/c1-2-24(17-6-4-3-5-7-17)35-26-18(14-32)15-33-27-22(26)12-21(13-23(27)30)36-28(29,25-16-34-38-37-25)19-8-10-20(31)11-9-19/h3-13,15-16,24,36H,2H2,1H3,(H,33,35)(H,34,37,38)/t24-,28?/m1/s1. The molecule has 3 aromatic carbocycles. The number of fused-ring (bicyclic) bond motifs is 1. The highest BCUT2D eigenvalue weighted by molar-refractivity contribution is 6.36. The first-order chi connectivity index (χ1) is 18.4. The maximum absolute atomic E-state index is 13.7. The van der Waals surface area contributed by atoms with Crippen LogP contribution in [0, 0.1) is 17.1 Å². The fourth-order valence-electron chi connectivity index (χ4n) is 4.47. The third kappa shape index (κ3) is 4.78. The third-order valence-electron chi connectivity index (χ3n) is 6.43. The molecule has 2 heterocycles. The number of halogens is 2. The van der Waals surface area contributed by atoms with E-state index < -0.39 is 5.44 Å². The minimum Gasteiger partial charge on any atom is -0.378 e. The summed E-state index contributed by atoms with van der Waals surface area (Å²) in [6.07, 6.45) is 3.79. The number of anilines is 2. The quantitative estimate of drug-likeness (QED) is 0.214. The number of hydrogen-bond acceptors (Lipinski definition) is 6. The number of pyridine rings is 1. The zero-order chi connectivity index (χ0) is 26.7. The molecule has 3 N–H and O–H groups in total. The summed E-state index contributed by atoms with van der Waals surface area (Å²) in [5, 5.41) is 28.4. The molecule has 0 aliphatic carbocycles. The predicted molar refractivity (Wildman–Crippen MR) is 148 cm³/mol. The summed E-state index contributed by atoms with van der Waals surface area (Å²) in [4.78, 5) is 4.45. The van der Waals surface area contributed by atoms with Crippen molar-refractivity contribution in [3.63, 3.8) is 0 Å². The van der Waals surface area contributed by atoms with E-state index in [0.717, 1.165) is 12.0 Å². The van der Waals surface area contributed by atoms with Crippen LogP contribution in [0.4, 0.5) is 15.8 Å². The number of aromatic amines is 1. The van der Waals surface area contributed by atoms with E-state index in [2.05, 4.69) is 44.0 Å². The molecule has 0 bridgehead atoms. The molecule has 2 atom stereocenters. The van der Waals surface area contributed by atoms with Crippen molar-refractivity contribution in [1.29, 1.82) is 5.26 Å². The van der Waals surface area contributed by atoms with Crippen LogP contribution >= 0.6 is 11.6 Å². The summed E-state index contributed by atoms with van der Waals surface area (Å²) < 4.78 is 13.7. The van der Waals surface area contributed by atoms with Crippen LogP contribution in [0.25, 0.3) is 10.9 Å². The zero-order valence-corrected chi connectivity index (χ0v) is 21.2. The van der Waals surface area contributed by atoms with Crippen molar-refractivity contribution in [2.45, 2.75) is 24.8 Å². The number of aromatic nitrogens is 4. The van der Waals surface area contributed by atoms with Crippen molar-refractivity contribution in [3.8, 4) is 6.07 Å².